The van der Waals surface area contributed by atoms with E-state index in [1.807, 2.05) is 49.4 Å². The Bertz CT molecular complexity index is 791. The Morgan fingerprint density at radius 1 is 1.33 bits per heavy atom. The summed E-state index contributed by atoms with van der Waals surface area (Å²) in [5, 5.41) is 7.09. The second kappa shape index (κ2) is 9.22. The topological polar surface area (TPSA) is 59.6 Å². The van der Waals surface area contributed by atoms with Gasteiger partial charge in [0.1, 0.15) is 5.75 Å². The molecule has 3 rings (SSSR count). The number of nitrogens with one attached hydrogen (secondary N) is 2. The zero-order chi connectivity index (χ0) is 19.2. The lowest BCUT2D eigenvalue weighted by atomic mass is 9.94. The van der Waals surface area contributed by atoms with Gasteiger partial charge in [0, 0.05) is 24.0 Å². The van der Waals surface area contributed by atoms with E-state index in [2.05, 4.69) is 10.6 Å². The molecule has 0 radical (unpaired) electrons. The number of morpholine rings is 1. The Labute approximate surface area is 165 Å². The molecule has 5 nitrogen and oxygen atoms in total. The highest BCUT2D eigenvalue weighted by atomic mass is 35.5. The molecular weight excluding hydrogens is 364 g/mol. The summed E-state index contributed by atoms with van der Waals surface area (Å²) in [4.78, 5) is 12.7. The van der Waals surface area contributed by atoms with Gasteiger partial charge in [-0.3, -0.25) is 4.79 Å². The number of methoxy groups -OCH3 is 1. The van der Waals surface area contributed by atoms with Crippen LogP contribution in [0.4, 0.5) is 0 Å². The number of ether oxygens (including phenoxy) is 2. The Morgan fingerprint density at radius 2 is 2.15 bits per heavy atom. The third-order valence-corrected chi connectivity index (χ3v) is 5.08. The van der Waals surface area contributed by atoms with Crippen LogP contribution >= 0.6 is 11.6 Å². The molecule has 2 aromatic carbocycles. The quantitative estimate of drug-likeness (QED) is 0.797. The van der Waals surface area contributed by atoms with Gasteiger partial charge in [-0.2, -0.15) is 0 Å². The molecule has 0 bridgehead atoms. The van der Waals surface area contributed by atoms with Crippen molar-refractivity contribution < 1.29 is 14.3 Å². The minimum absolute atomic E-state index is 0.0302. The summed E-state index contributed by atoms with van der Waals surface area (Å²) < 4.78 is 10.7. The van der Waals surface area contributed by atoms with Gasteiger partial charge in [-0.1, -0.05) is 35.9 Å². The van der Waals surface area contributed by atoms with Gasteiger partial charge in [0.25, 0.3) is 0 Å². The highest BCUT2D eigenvalue weighted by Gasteiger charge is 2.23. The number of hydrogen-bond donors (Lipinski definition) is 2. The average molecular weight is 389 g/mol. The lowest BCUT2D eigenvalue weighted by molar-refractivity contribution is -0.122. The van der Waals surface area contributed by atoms with Crippen LogP contribution in [-0.4, -0.2) is 38.8 Å². The van der Waals surface area contributed by atoms with Crippen molar-refractivity contribution in [3.63, 3.8) is 0 Å². The van der Waals surface area contributed by atoms with Crippen LogP contribution in [0.2, 0.25) is 5.02 Å². The first kappa shape index (κ1) is 19.7. The number of carbonyl (C=O) groups excluding carboxylic acids is 1. The number of benzene rings is 2. The SMILES string of the molecule is COc1ccc(C(NC(=O)CC2COCCN2)c2ccccc2Cl)c(C)c1. The second-order valence-corrected chi connectivity index (χ2v) is 7.08. The van der Waals surface area contributed by atoms with Crippen molar-refractivity contribution in [3.8, 4) is 5.75 Å². The fraction of sp³-hybridized carbons (Fsp3) is 0.381. The van der Waals surface area contributed by atoms with Gasteiger partial charge in [-0.25, -0.2) is 0 Å². The summed E-state index contributed by atoms with van der Waals surface area (Å²) in [6, 6.07) is 13.1. The van der Waals surface area contributed by atoms with E-state index in [-0.39, 0.29) is 18.0 Å². The Balaban J connectivity index is 1.86. The van der Waals surface area contributed by atoms with Crippen molar-refractivity contribution in [1.82, 2.24) is 10.6 Å². The number of amides is 1. The summed E-state index contributed by atoms with van der Waals surface area (Å²) in [5.41, 5.74) is 2.89. The Kier molecular flexibility index (Phi) is 6.72. The summed E-state index contributed by atoms with van der Waals surface area (Å²) in [6.45, 7) is 4.00. The number of halogens is 1. The van der Waals surface area contributed by atoms with Gasteiger partial charge in [0.15, 0.2) is 0 Å². The summed E-state index contributed by atoms with van der Waals surface area (Å²) >= 11 is 6.45. The molecule has 1 saturated heterocycles. The summed E-state index contributed by atoms with van der Waals surface area (Å²) in [7, 11) is 1.64. The second-order valence-electron chi connectivity index (χ2n) is 6.67. The van der Waals surface area contributed by atoms with Crippen LogP contribution in [0.3, 0.4) is 0 Å². The Morgan fingerprint density at radius 3 is 2.81 bits per heavy atom. The molecule has 2 atom stereocenters. The third kappa shape index (κ3) is 5.01. The number of rotatable bonds is 6. The molecule has 144 valence electrons. The molecule has 0 saturated carbocycles. The third-order valence-electron chi connectivity index (χ3n) is 4.74. The van der Waals surface area contributed by atoms with Gasteiger partial charge >= 0.3 is 0 Å². The monoisotopic (exact) mass is 388 g/mol. The standard InChI is InChI=1S/C21H25ClN2O3/c1-14-11-16(26-2)7-8-17(14)21(18-5-3-4-6-19(18)22)24-20(25)12-15-13-27-10-9-23-15/h3-8,11,15,21,23H,9-10,12-13H2,1-2H3,(H,24,25). The van der Waals surface area contributed by atoms with Crippen LogP contribution < -0.4 is 15.4 Å². The number of aryl methyl sites for hydroxylation is 1. The van der Waals surface area contributed by atoms with E-state index in [1.54, 1.807) is 7.11 Å². The van der Waals surface area contributed by atoms with Crippen LogP contribution in [0, 0.1) is 6.92 Å². The molecule has 2 unspecified atom stereocenters. The van der Waals surface area contributed by atoms with Crippen molar-refractivity contribution in [2.45, 2.75) is 25.4 Å². The molecule has 27 heavy (non-hydrogen) atoms. The molecule has 1 fully saturated rings. The molecule has 0 aliphatic carbocycles. The maximum Gasteiger partial charge on any atom is 0.222 e. The van der Waals surface area contributed by atoms with Crippen molar-refractivity contribution in [2.75, 3.05) is 26.9 Å². The zero-order valence-electron chi connectivity index (χ0n) is 15.6. The minimum atomic E-state index is -0.332. The first-order valence-corrected chi connectivity index (χ1v) is 9.45. The maximum atomic E-state index is 12.7. The molecular formula is C21H25ClN2O3. The molecule has 1 aliphatic rings. The lowest BCUT2D eigenvalue weighted by Gasteiger charge is -2.26. The van der Waals surface area contributed by atoms with Crippen LogP contribution in [-0.2, 0) is 9.53 Å². The van der Waals surface area contributed by atoms with E-state index in [4.69, 9.17) is 21.1 Å². The van der Waals surface area contributed by atoms with Gasteiger partial charge in [-0.05, 0) is 41.8 Å². The highest BCUT2D eigenvalue weighted by Crippen LogP contribution is 2.31. The smallest absolute Gasteiger partial charge is 0.222 e. The molecule has 1 heterocycles. The van der Waals surface area contributed by atoms with Gasteiger partial charge < -0.3 is 20.1 Å². The maximum absolute atomic E-state index is 12.7. The van der Waals surface area contributed by atoms with E-state index in [1.165, 1.54) is 0 Å². The fourth-order valence-corrected chi connectivity index (χ4v) is 3.57. The lowest BCUT2D eigenvalue weighted by Crippen LogP contribution is -2.44. The van der Waals surface area contributed by atoms with E-state index < -0.39 is 0 Å². The van der Waals surface area contributed by atoms with E-state index in [9.17, 15) is 4.79 Å². The van der Waals surface area contributed by atoms with Crippen molar-refractivity contribution >= 4 is 17.5 Å². The minimum Gasteiger partial charge on any atom is -0.497 e. The van der Waals surface area contributed by atoms with Gasteiger partial charge in [-0.15, -0.1) is 0 Å². The van der Waals surface area contributed by atoms with E-state index in [0.717, 1.165) is 29.0 Å². The summed E-state index contributed by atoms with van der Waals surface area (Å²) in [5.74, 6) is 0.738. The molecule has 6 heteroatoms. The first-order valence-electron chi connectivity index (χ1n) is 9.08. The van der Waals surface area contributed by atoms with Gasteiger partial charge in [0.2, 0.25) is 5.91 Å². The molecule has 1 amide bonds. The summed E-state index contributed by atoms with van der Waals surface area (Å²) in [6.07, 6.45) is 0.357. The van der Waals surface area contributed by atoms with Crippen LogP contribution in [0.5, 0.6) is 5.75 Å². The predicted molar refractivity (Wildman–Crippen MR) is 106 cm³/mol. The molecule has 0 spiro atoms. The zero-order valence-corrected chi connectivity index (χ0v) is 16.4. The first-order chi connectivity index (χ1) is 13.1. The molecule has 2 N–H and O–H groups in total. The largest absolute Gasteiger partial charge is 0.497 e. The van der Waals surface area contributed by atoms with Gasteiger partial charge in [0.05, 0.1) is 26.4 Å². The van der Waals surface area contributed by atoms with E-state index >= 15 is 0 Å². The van der Waals surface area contributed by atoms with Crippen LogP contribution in [0.15, 0.2) is 42.5 Å². The van der Waals surface area contributed by atoms with E-state index in [0.29, 0.717) is 24.7 Å². The van der Waals surface area contributed by atoms with Crippen LogP contribution in [0.1, 0.15) is 29.2 Å². The predicted octanol–water partition coefficient (Wildman–Crippen LogP) is 3.24. The molecule has 0 aromatic heterocycles. The number of hydrogen-bond acceptors (Lipinski definition) is 4. The molecule has 1 aliphatic heterocycles. The van der Waals surface area contributed by atoms with Crippen molar-refractivity contribution in [3.05, 3.63) is 64.2 Å². The molecule has 2 aromatic rings. The normalized spacial score (nSPS) is 18.0. The van der Waals surface area contributed by atoms with Crippen molar-refractivity contribution in [2.24, 2.45) is 0 Å². The number of carbonyl (C=O) groups is 1. The van der Waals surface area contributed by atoms with Crippen LogP contribution in [0.25, 0.3) is 0 Å². The van der Waals surface area contributed by atoms with Crippen molar-refractivity contribution in [1.29, 1.82) is 0 Å². The highest BCUT2D eigenvalue weighted by molar-refractivity contribution is 6.31. The Hall–Kier alpha value is -2.08. The fourth-order valence-electron chi connectivity index (χ4n) is 3.33. The average Bonchev–Trinajstić information content (AvgIpc) is 2.68.